The quantitative estimate of drug-likeness (QED) is 0.202. The van der Waals surface area contributed by atoms with E-state index in [0.29, 0.717) is 11.3 Å². The van der Waals surface area contributed by atoms with Gasteiger partial charge in [-0.2, -0.15) is 0 Å². The lowest BCUT2D eigenvalue weighted by Gasteiger charge is -2.35. The Hall–Kier alpha value is -4.50. The normalized spacial score (nSPS) is 12.3. The third kappa shape index (κ3) is 8.40. The van der Waals surface area contributed by atoms with Crippen molar-refractivity contribution in [1.29, 1.82) is 0 Å². The average Bonchev–Trinajstić information content (AvgIpc) is 3.00. The summed E-state index contributed by atoms with van der Waals surface area (Å²) in [6, 6.07) is 25.9. The Bertz CT molecular complexity index is 1790. The van der Waals surface area contributed by atoms with Crippen LogP contribution in [-0.4, -0.2) is 43.3 Å². The van der Waals surface area contributed by atoms with Crippen LogP contribution in [0.2, 0.25) is 0 Å². The molecule has 0 aliphatic carbocycles. The van der Waals surface area contributed by atoms with Crippen LogP contribution in [0.4, 0.5) is 10.1 Å². The Morgan fingerprint density at radius 1 is 0.826 bits per heavy atom. The highest BCUT2D eigenvalue weighted by Gasteiger charge is 2.36. The van der Waals surface area contributed by atoms with Crippen LogP contribution < -0.4 is 9.62 Å². The number of carbonyl (C=O) groups excluding carboxylic acids is 2. The van der Waals surface area contributed by atoms with E-state index < -0.39 is 45.8 Å². The second-order valence-corrected chi connectivity index (χ2v) is 14.5. The topological polar surface area (TPSA) is 86.8 Å². The molecule has 0 aliphatic rings. The predicted molar refractivity (Wildman–Crippen MR) is 180 cm³/mol. The summed E-state index contributed by atoms with van der Waals surface area (Å²) in [6.07, 6.45) is 0.136. The summed E-state index contributed by atoms with van der Waals surface area (Å²) in [7, 11) is -4.24. The van der Waals surface area contributed by atoms with Crippen LogP contribution in [0.1, 0.15) is 48.6 Å². The van der Waals surface area contributed by atoms with Crippen LogP contribution in [-0.2, 0) is 32.6 Å². The molecule has 242 valence electrons. The molecule has 4 rings (SSSR count). The zero-order chi connectivity index (χ0) is 33.6. The zero-order valence-electron chi connectivity index (χ0n) is 27.2. The first kappa shape index (κ1) is 34.4. The fraction of sp³-hybridized carbons (Fsp3) is 0.297. The van der Waals surface area contributed by atoms with E-state index in [0.717, 1.165) is 21.0 Å². The second kappa shape index (κ2) is 14.3. The number of nitrogens with zero attached hydrogens (tertiary/aromatic N) is 2. The summed E-state index contributed by atoms with van der Waals surface area (Å²) < 4.78 is 44.7. The fourth-order valence-corrected chi connectivity index (χ4v) is 6.65. The van der Waals surface area contributed by atoms with Gasteiger partial charge in [0.15, 0.2) is 0 Å². The summed E-state index contributed by atoms with van der Waals surface area (Å²) in [6.45, 7) is 10.2. The molecule has 1 atom stereocenters. The van der Waals surface area contributed by atoms with Crippen molar-refractivity contribution in [2.24, 2.45) is 0 Å². The van der Waals surface area contributed by atoms with Crippen molar-refractivity contribution in [1.82, 2.24) is 10.2 Å². The summed E-state index contributed by atoms with van der Waals surface area (Å²) in [5.41, 5.74) is 3.15. The van der Waals surface area contributed by atoms with Gasteiger partial charge >= 0.3 is 0 Å². The highest BCUT2D eigenvalue weighted by atomic mass is 32.2. The maximum Gasteiger partial charge on any atom is 0.264 e. The molecule has 1 N–H and O–H groups in total. The van der Waals surface area contributed by atoms with E-state index in [1.165, 1.54) is 23.1 Å². The van der Waals surface area contributed by atoms with E-state index in [-0.39, 0.29) is 23.4 Å². The molecule has 4 aromatic rings. The largest absolute Gasteiger partial charge is 0.350 e. The van der Waals surface area contributed by atoms with Gasteiger partial charge in [-0.15, -0.1) is 0 Å². The van der Waals surface area contributed by atoms with E-state index in [2.05, 4.69) is 5.32 Å². The van der Waals surface area contributed by atoms with Crippen LogP contribution in [0.25, 0.3) is 0 Å². The standard InChI is InChI=1S/C37H42FN3O4S/c1-26-19-21-31(22-20-26)46(44,45)41(33-18-12-13-27(2)28(33)3)25-35(42)40(24-30-16-10-11-17-32(30)38)34(36(43)39-37(4,5)6)23-29-14-8-7-9-15-29/h7-22,34H,23-25H2,1-6H3,(H,39,43)/t34-/m0/s1. The monoisotopic (exact) mass is 643 g/mol. The Kier molecular flexibility index (Phi) is 10.7. The van der Waals surface area contributed by atoms with Crippen molar-refractivity contribution in [3.8, 4) is 0 Å². The Balaban J connectivity index is 1.86. The zero-order valence-corrected chi connectivity index (χ0v) is 28.1. The van der Waals surface area contributed by atoms with Gasteiger partial charge in [-0.3, -0.25) is 13.9 Å². The third-order valence-electron chi connectivity index (χ3n) is 7.80. The van der Waals surface area contributed by atoms with E-state index in [4.69, 9.17) is 0 Å². The van der Waals surface area contributed by atoms with Gasteiger partial charge in [-0.1, -0.05) is 78.4 Å². The SMILES string of the molecule is Cc1ccc(S(=O)(=O)N(CC(=O)N(Cc2ccccc2F)[C@@H](Cc2ccccc2)C(=O)NC(C)(C)C)c2cccc(C)c2C)cc1. The van der Waals surface area contributed by atoms with Crippen LogP contribution in [0.5, 0.6) is 0 Å². The number of halogens is 1. The molecule has 0 unspecified atom stereocenters. The van der Waals surface area contributed by atoms with Crippen LogP contribution in [0.15, 0.2) is 102 Å². The third-order valence-corrected chi connectivity index (χ3v) is 9.57. The number of rotatable bonds is 11. The molecule has 0 aliphatic heterocycles. The van der Waals surface area contributed by atoms with Gasteiger partial charge in [0, 0.05) is 24.1 Å². The van der Waals surface area contributed by atoms with Gasteiger partial charge in [-0.25, -0.2) is 12.8 Å². The molecule has 0 spiro atoms. The molecule has 0 saturated heterocycles. The summed E-state index contributed by atoms with van der Waals surface area (Å²) in [5, 5.41) is 2.98. The number of carbonyl (C=O) groups is 2. The molecule has 0 heterocycles. The summed E-state index contributed by atoms with van der Waals surface area (Å²) in [5.74, 6) is -1.61. The van der Waals surface area contributed by atoms with Crippen molar-refractivity contribution in [3.05, 3.63) is 131 Å². The van der Waals surface area contributed by atoms with Crippen molar-refractivity contribution < 1.29 is 22.4 Å². The number of hydrogen-bond donors (Lipinski definition) is 1. The summed E-state index contributed by atoms with van der Waals surface area (Å²) >= 11 is 0. The average molecular weight is 644 g/mol. The van der Waals surface area contributed by atoms with Gasteiger partial charge in [0.2, 0.25) is 11.8 Å². The van der Waals surface area contributed by atoms with Crippen LogP contribution in [0.3, 0.4) is 0 Å². The number of amides is 2. The Labute approximate surface area is 272 Å². The number of aryl methyl sites for hydroxylation is 2. The van der Waals surface area contributed by atoms with Gasteiger partial charge in [0.05, 0.1) is 10.6 Å². The molecular formula is C37H42FN3O4S. The lowest BCUT2D eigenvalue weighted by molar-refractivity contribution is -0.140. The highest BCUT2D eigenvalue weighted by molar-refractivity contribution is 7.92. The molecule has 0 fully saturated rings. The van der Waals surface area contributed by atoms with Crippen molar-refractivity contribution >= 4 is 27.5 Å². The highest BCUT2D eigenvalue weighted by Crippen LogP contribution is 2.29. The molecule has 0 radical (unpaired) electrons. The number of hydrogen-bond acceptors (Lipinski definition) is 4. The molecule has 9 heteroatoms. The summed E-state index contributed by atoms with van der Waals surface area (Å²) in [4.78, 5) is 29.9. The molecular weight excluding hydrogens is 601 g/mol. The van der Waals surface area contributed by atoms with Crippen LogP contribution >= 0.6 is 0 Å². The van der Waals surface area contributed by atoms with Crippen LogP contribution in [0, 0.1) is 26.6 Å². The van der Waals surface area contributed by atoms with Crippen molar-refractivity contribution in [3.63, 3.8) is 0 Å². The molecule has 46 heavy (non-hydrogen) atoms. The van der Waals surface area contributed by atoms with Crippen molar-refractivity contribution in [2.45, 2.75) is 71.0 Å². The smallest absolute Gasteiger partial charge is 0.264 e. The molecule has 0 saturated carbocycles. The van der Waals surface area contributed by atoms with E-state index in [9.17, 15) is 18.0 Å². The minimum Gasteiger partial charge on any atom is -0.350 e. The van der Waals surface area contributed by atoms with Gasteiger partial charge in [0.25, 0.3) is 10.0 Å². The minimum atomic E-state index is -4.24. The predicted octanol–water partition coefficient (Wildman–Crippen LogP) is 6.50. The van der Waals surface area contributed by atoms with E-state index in [1.807, 2.05) is 71.0 Å². The Morgan fingerprint density at radius 3 is 2.09 bits per heavy atom. The van der Waals surface area contributed by atoms with Gasteiger partial charge in [-0.05, 0) is 82.5 Å². The number of nitrogens with one attached hydrogen (secondary N) is 1. The molecule has 7 nitrogen and oxygen atoms in total. The molecule has 4 aromatic carbocycles. The lowest BCUT2D eigenvalue weighted by atomic mass is 10.0. The number of benzene rings is 4. The first-order valence-electron chi connectivity index (χ1n) is 15.2. The molecule has 0 aromatic heterocycles. The maximum atomic E-state index is 15.1. The first-order valence-corrected chi connectivity index (χ1v) is 16.7. The number of sulfonamides is 1. The fourth-order valence-electron chi connectivity index (χ4n) is 5.17. The first-order chi connectivity index (χ1) is 21.7. The maximum absolute atomic E-state index is 15.1. The van der Waals surface area contributed by atoms with E-state index >= 15 is 4.39 Å². The second-order valence-electron chi connectivity index (χ2n) is 12.6. The van der Waals surface area contributed by atoms with E-state index in [1.54, 1.807) is 49.4 Å². The van der Waals surface area contributed by atoms with Crippen molar-refractivity contribution in [2.75, 3.05) is 10.8 Å². The lowest BCUT2D eigenvalue weighted by Crippen LogP contribution is -2.56. The molecule has 0 bridgehead atoms. The van der Waals surface area contributed by atoms with Gasteiger partial charge in [0.1, 0.15) is 18.4 Å². The van der Waals surface area contributed by atoms with Gasteiger partial charge < -0.3 is 10.2 Å². The minimum absolute atomic E-state index is 0.0266. The number of anilines is 1. The Morgan fingerprint density at radius 2 is 1.46 bits per heavy atom. The molecule has 2 amide bonds.